The van der Waals surface area contributed by atoms with Crippen LogP contribution in [-0.2, 0) is 11.8 Å². The van der Waals surface area contributed by atoms with Crippen molar-refractivity contribution in [1.82, 2.24) is 9.36 Å². The molecule has 0 aliphatic heterocycles. The average Bonchev–Trinajstić information content (AvgIpc) is 2.32. The molecule has 0 aliphatic carbocycles. The smallest absolute Gasteiger partial charge is 0.147 e. The Morgan fingerprint density at radius 2 is 2.08 bits per heavy atom. The summed E-state index contributed by atoms with van der Waals surface area (Å²) in [5.41, 5.74) is 0.0459. The fraction of sp³-hybridized carbons (Fsp3) is 0.778. The molecule has 1 atom stereocenters. The summed E-state index contributed by atoms with van der Waals surface area (Å²) in [7, 11) is 0. The molecule has 0 aromatic carbocycles. The third kappa shape index (κ3) is 3.24. The zero-order valence-electron chi connectivity index (χ0n) is 8.47. The van der Waals surface area contributed by atoms with E-state index in [1.807, 2.05) is 6.92 Å². The molecule has 74 valence electrons. The third-order valence-corrected chi connectivity index (χ3v) is 2.48. The number of aromatic nitrogens is 2. The number of hydrogen-bond donors (Lipinski definition) is 0. The summed E-state index contributed by atoms with van der Waals surface area (Å²) < 4.78 is 4.31. The minimum atomic E-state index is 0.0459. The van der Waals surface area contributed by atoms with Crippen LogP contribution in [0, 0.1) is 0 Å². The van der Waals surface area contributed by atoms with Crippen LogP contribution in [0.3, 0.4) is 0 Å². The summed E-state index contributed by atoms with van der Waals surface area (Å²) in [5, 5.41) is 1.17. The van der Waals surface area contributed by atoms with Gasteiger partial charge in [0.15, 0.2) is 0 Å². The summed E-state index contributed by atoms with van der Waals surface area (Å²) in [5.74, 6) is 0.921. The van der Waals surface area contributed by atoms with E-state index in [4.69, 9.17) is 11.6 Å². The molecule has 4 heteroatoms. The van der Waals surface area contributed by atoms with E-state index in [0.29, 0.717) is 0 Å². The lowest BCUT2D eigenvalue weighted by atomic mass is 9.96. The Hall–Kier alpha value is -0.150. The van der Waals surface area contributed by atoms with Crippen molar-refractivity contribution in [2.45, 2.75) is 44.9 Å². The number of hydrogen-bond acceptors (Lipinski definition) is 3. The molecule has 0 fully saturated rings. The lowest BCUT2D eigenvalue weighted by Gasteiger charge is -2.12. The quantitative estimate of drug-likeness (QED) is 0.714. The van der Waals surface area contributed by atoms with E-state index >= 15 is 0 Å². The molecule has 1 heterocycles. The second-order valence-corrected chi connectivity index (χ2v) is 5.83. The van der Waals surface area contributed by atoms with Gasteiger partial charge in [0.2, 0.25) is 0 Å². The highest BCUT2D eigenvalue weighted by atomic mass is 35.5. The Kier molecular flexibility index (Phi) is 3.30. The second kappa shape index (κ2) is 3.93. The summed E-state index contributed by atoms with van der Waals surface area (Å²) in [4.78, 5) is 4.44. The number of nitrogens with zero attached hydrogens (tertiary/aromatic N) is 2. The second-order valence-electron chi connectivity index (χ2n) is 4.25. The number of halogens is 1. The van der Waals surface area contributed by atoms with Crippen molar-refractivity contribution in [2.24, 2.45) is 0 Å². The maximum Gasteiger partial charge on any atom is 0.147 e. The molecule has 0 spiro atoms. The number of rotatable bonds is 2. The zero-order valence-corrected chi connectivity index (χ0v) is 10.0. The highest BCUT2D eigenvalue weighted by Crippen LogP contribution is 2.21. The van der Waals surface area contributed by atoms with Gasteiger partial charge in [0, 0.05) is 17.2 Å². The molecule has 1 rings (SSSR count). The van der Waals surface area contributed by atoms with E-state index in [9.17, 15) is 0 Å². The summed E-state index contributed by atoms with van der Waals surface area (Å²) in [6, 6.07) is 0. The molecule has 0 bridgehead atoms. The monoisotopic (exact) mass is 218 g/mol. The molecule has 0 aliphatic rings. The predicted molar refractivity (Wildman–Crippen MR) is 57.6 cm³/mol. The maximum atomic E-state index is 5.87. The topological polar surface area (TPSA) is 25.8 Å². The van der Waals surface area contributed by atoms with Gasteiger partial charge in [-0.25, -0.2) is 4.98 Å². The first-order chi connectivity index (χ1) is 5.89. The van der Waals surface area contributed by atoms with E-state index < -0.39 is 0 Å². The molecule has 1 aromatic rings. The van der Waals surface area contributed by atoms with Gasteiger partial charge in [0.25, 0.3) is 0 Å². The Morgan fingerprint density at radius 1 is 1.46 bits per heavy atom. The molecule has 2 nitrogen and oxygen atoms in total. The molecule has 1 unspecified atom stereocenters. The van der Waals surface area contributed by atoms with Gasteiger partial charge in [-0.2, -0.15) is 4.37 Å². The van der Waals surface area contributed by atoms with Crippen molar-refractivity contribution in [3.8, 4) is 0 Å². The largest absolute Gasteiger partial charge is 0.224 e. The van der Waals surface area contributed by atoms with E-state index in [0.717, 1.165) is 17.3 Å². The fourth-order valence-electron chi connectivity index (χ4n) is 0.883. The van der Waals surface area contributed by atoms with E-state index in [-0.39, 0.29) is 10.8 Å². The summed E-state index contributed by atoms with van der Waals surface area (Å²) >= 11 is 7.33. The zero-order chi connectivity index (χ0) is 10.1. The molecule has 0 radical (unpaired) electrons. The van der Waals surface area contributed by atoms with E-state index in [1.165, 1.54) is 11.5 Å². The molecule has 0 saturated carbocycles. The van der Waals surface area contributed by atoms with Crippen LogP contribution >= 0.6 is 23.1 Å². The van der Waals surface area contributed by atoms with Gasteiger partial charge in [0.1, 0.15) is 10.8 Å². The van der Waals surface area contributed by atoms with Crippen LogP contribution in [0.5, 0.6) is 0 Å². The number of alkyl halides is 1. The van der Waals surface area contributed by atoms with E-state index in [2.05, 4.69) is 30.1 Å². The van der Waals surface area contributed by atoms with Crippen molar-refractivity contribution in [3.63, 3.8) is 0 Å². The van der Waals surface area contributed by atoms with Crippen LogP contribution in [0.15, 0.2) is 0 Å². The molecule has 0 N–H and O–H groups in total. The van der Waals surface area contributed by atoms with Crippen LogP contribution in [-0.4, -0.2) is 14.7 Å². The minimum absolute atomic E-state index is 0.0459. The molecule has 0 amide bonds. The van der Waals surface area contributed by atoms with Gasteiger partial charge < -0.3 is 0 Å². The van der Waals surface area contributed by atoms with Crippen LogP contribution < -0.4 is 0 Å². The summed E-state index contributed by atoms with van der Waals surface area (Å²) in [6.07, 6.45) is 0.815. The van der Waals surface area contributed by atoms with Gasteiger partial charge in [-0.05, 0) is 18.5 Å². The van der Waals surface area contributed by atoms with Crippen molar-refractivity contribution >= 4 is 23.1 Å². The van der Waals surface area contributed by atoms with E-state index in [1.54, 1.807) is 0 Å². The molecular formula is C9H15ClN2S. The molecule has 1 aromatic heterocycles. The lowest BCUT2D eigenvalue weighted by Crippen LogP contribution is -2.13. The SMILES string of the molecule is CC(Cl)Cc1nc(C(C)(C)C)ns1. The fourth-order valence-corrected chi connectivity index (χ4v) is 2.08. The third-order valence-electron chi connectivity index (χ3n) is 1.59. The Morgan fingerprint density at radius 3 is 2.46 bits per heavy atom. The van der Waals surface area contributed by atoms with Gasteiger partial charge in [-0.1, -0.05) is 20.8 Å². The van der Waals surface area contributed by atoms with Crippen molar-refractivity contribution in [1.29, 1.82) is 0 Å². The lowest BCUT2D eigenvalue weighted by molar-refractivity contribution is 0.552. The van der Waals surface area contributed by atoms with Crippen molar-refractivity contribution in [2.75, 3.05) is 0 Å². The van der Waals surface area contributed by atoms with Gasteiger partial charge in [0.05, 0.1) is 0 Å². The molecule has 0 saturated heterocycles. The predicted octanol–water partition coefficient (Wildman–Crippen LogP) is 3.01. The first kappa shape index (κ1) is 10.9. The van der Waals surface area contributed by atoms with Gasteiger partial charge >= 0.3 is 0 Å². The Bertz CT molecular complexity index is 275. The normalized spacial score (nSPS) is 14.5. The van der Waals surface area contributed by atoms with Crippen LogP contribution in [0.4, 0.5) is 0 Å². The maximum absolute atomic E-state index is 5.87. The van der Waals surface area contributed by atoms with Gasteiger partial charge in [-0.15, -0.1) is 11.6 Å². The Balaban J connectivity index is 2.75. The first-order valence-corrected chi connectivity index (χ1v) is 5.57. The standard InChI is InChI=1S/C9H15ClN2S/c1-6(10)5-7-11-8(12-13-7)9(2,3)4/h6H,5H2,1-4H3. The highest BCUT2D eigenvalue weighted by Gasteiger charge is 2.19. The molecular weight excluding hydrogens is 204 g/mol. The first-order valence-electron chi connectivity index (χ1n) is 4.36. The highest BCUT2D eigenvalue weighted by molar-refractivity contribution is 7.05. The van der Waals surface area contributed by atoms with Crippen LogP contribution in [0.25, 0.3) is 0 Å². The van der Waals surface area contributed by atoms with Crippen LogP contribution in [0.2, 0.25) is 0 Å². The Labute approximate surface area is 88.5 Å². The van der Waals surface area contributed by atoms with Crippen molar-refractivity contribution < 1.29 is 0 Å². The van der Waals surface area contributed by atoms with Crippen LogP contribution in [0.1, 0.15) is 38.5 Å². The minimum Gasteiger partial charge on any atom is -0.224 e. The summed E-state index contributed by atoms with van der Waals surface area (Å²) in [6.45, 7) is 8.31. The van der Waals surface area contributed by atoms with Gasteiger partial charge in [-0.3, -0.25) is 0 Å². The van der Waals surface area contributed by atoms with Crippen molar-refractivity contribution in [3.05, 3.63) is 10.8 Å². The molecule has 13 heavy (non-hydrogen) atoms. The average molecular weight is 219 g/mol.